The lowest BCUT2D eigenvalue weighted by molar-refractivity contribution is -0.148. The van der Waals surface area contributed by atoms with Crippen LogP contribution in [0.4, 0.5) is 0 Å². The first-order valence-electron chi connectivity index (χ1n) is 29.8. The molecule has 0 aliphatic carbocycles. The van der Waals surface area contributed by atoms with Crippen molar-refractivity contribution in [3.8, 4) is 28.0 Å². The van der Waals surface area contributed by atoms with E-state index in [2.05, 4.69) is 33.5 Å². The van der Waals surface area contributed by atoms with Gasteiger partial charge in [-0.3, -0.25) is 38.1 Å². The summed E-state index contributed by atoms with van der Waals surface area (Å²) < 4.78 is 19.4. The van der Waals surface area contributed by atoms with E-state index < -0.39 is 166 Å². The zero-order valence-electron chi connectivity index (χ0n) is 50.0. The van der Waals surface area contributed by atoms with Crippen LogP contribution in [0.2, 0.25) is 0 Å². The zero-order chi connectivity index (χ0) is 65.3. The molecular weight excluding hydrogens is 1190 g/mol. The van der Waals surface area contributed by atoms with E-state index in [9.17, 15) is 83.9 Å². The Labute approximate surface area is 519 Å². The molecule has 3 fully saturated rings. The molecule has 5 aromatic rings. The predicted molar refractivity (Wildman–Crippen MR) is 327 cm³/mol. The Hall–Kier alpha value is -7.94. The van der Waals surface area contributed by atoms with Crippen molar-refractivity contribution in [2.75, 3.05) is 19.7 Å². The molecule has 0 bridgehead atoms. The third-order valence-electron chi connectivity index (χ3n) is 16.5. The van der Waals surface area contributed by atoms with Crippen molar-refractivity contribution in [3.05, 3.63) is 139 Å². The second-order valence-electron chi connectivity index (χ2n) is 23.2. The Morgan fingerprint density at radius 1 is 0.622 bits per heavy atom. The van der Waals surface area contributed by atoms with E-state index in [1.807, 2.05) is 48.5 Å². The minimum Gasteiger partial charge on any atom is -0.494 e. The first kappa shape index (κ1) is 68.0. The molecule has 26 heteroatoms. The van der Waals surface area contributed by atoms with Gasteiger partial charge in [0.15, 0.2) is 6.23 Å². The van der Waals surface area contributed by atoms with Gasteiger partial charge in [-0.05, 0) is 96.6 Å². The van der Waals surface area contributed by atoms with E-state index >= 15 is 0 Å². The molecule has 25 nitrogen and oxygen atoms in total. The number of amides is 7. The van der Waals surface area contributed by atoms with Gasteiger partial charge < -0.3 is 86.9 Å². The lowest BCUT2D eigenvalue weighted by Crippen LogP contribution is -2.64. The molecule has 0 radical (unpaired) electrons. The maximum atomic E-state index is 14.6. The molecular formula is C64H78N7O18P. The number of ether oxygens (including phenoxy) is 1. The second-order valence-corrected chi connectivity index (χ2v) is 25.4. The van der Waals surface area contributed by atoms with Gasteiger partial charge in [-0.2, -0.15) is 0 Å². The molecule has 3 saturated heterocycles. The van der Waals surface area contributed by atoms with E-state index in [-0.39, 0.29) is 21.7 Å². The fourth-order valence-electron chi connectivity index (χ4n) is 11.2. The Balaban J connectivity index is 1.08. The van der Waals surface area contributed by atoms with Crippen LogP contribution >= 0.6 is 7.37 Å². The highest BCUT2D eigenvalue weighted by atomic mass is 31.2. The highest BCUT2D eigenvalue weighted by Crippen LogP contribution is 2.38. The van der Waals surface area contributed by atoms with Crippen LogP contribution in [-0.4, -0.2) is 196 Å². The number of fused-ring (bicyclic) bond motifs is 2. The van der Waals surface area contributed by atoms with Gasteiger partial charge in [0.05, 0.1) is 31.0 Å². The standard InChI is InChI=1S/C64H78N7O18P/c1-5-6-10-29-89-44-25-21-40(22-26-44)38-15-13-37(14-16-38)39-17-19-42(20-18-39)57(79)65-47-31-49(75)60(82)69-62(84)53-54(76)34(2)32-71(53)64(86)51(36(4)73)67-61(83)52(68-59(81)48-30-43(74)33-70(48)63(85)50(35(3)72)66-58(47)80)56(78)55(77)41-23-27-46(28-24-41)90(87,88)45-11-8-7-9-12-45/h7-9,11-28,34-36,43,47-56,60,72-78,82H,5-6,10,29-33H2,1-4H3,(H,65,79)(H,66,80)(H,67,83)(H,68,81)(H,69,84)(H,87,88)/t34-,35+,36+,43+,47-,48-,49+,50-,51-,52-,53-,54-,55-,56-,60+/m0/s1. The molecule has 1 unspecified atom stereocenters. The quantitative estimate of drug-likeness (QED) is 0.0441. The van der Waals surface area contributed by atoms with Crippen LogP contribution in [-0.2, 0) is 33.3 Å². The van der Waals surface area contributed by atoms with E-state index in [0.29, 0.717) is 12.2 Å². The molecule has 3 aliphatic rings. The van der Waals surface area contributed by atoms with Crippen LogP contribution in [0.25, 0.3) is 22.3 Å². The first-order valence-corrected chi connectivity index (χ1v) is 31.5. The highest BCUT2D eigenvalue weighted by molar-refractivity contribution is 7.73. The lowest BCUT2D eigenvalue weighted by Gasteiger charge is -2.34. The fourth-order valence-corrected chi connectivity index (χ4v) is 12.6. The summed E-state index contributed by atoms with van der Waals surface area (Å²) in [4.78, 5) is 114. The summed E-state index contributed by atoms with van der Waals surface area (Å²) in [6.07, 6.45) is -14.1. The molecule has 3 heterocycles. The van der Waals surface area contributed by atoms with Gasteiger partial charge in [0.25, 0.3) is 13.3 Å². The predicted octanol–water partition coefficient (Wildman–Crippen LogP) is -0.411. The van der Waals surface area contributed by atoms with Gasteiger partial charge in [0.1, 0.15) is 60.3 Å². The molecule has 0 spiro atoms. The molecule has 0 saturated carbocycles. The van der Waals surface area contributed by atoms with Crippen molar-refractivity contribution in [3.63, 3.8) is 0 Å². The number of hydrogen-bond acceptors (Lipinski definition) is 17. The van der Waals surface area contributed by atoms with Gasteiger partial charge >= 0.3 is 0 Å². The number of rotatable bonds is 16. The van der Waals surface area contributed by atoms with Crippen molar-refractivity contribution < 1.29 is 88.6 Å². The van der Waals surface area contributed by atoms with E-state index in [4.69, 9.17) is 4.74 Å². The van der Waals surface area contributed by atoms with Crippen molar-refractivity contribution in [2.45, 2.75) is 145 Å². The Morgan fingerprint density at radius 3 is 1.71 bits per heavy atom. The summed E-state index contributed by atoms with van der Waals surface area (Å²) in [5.41, 5.74) is 3.24. The normalized spacial score (nSPS) is 26.8. The van der Waals surface area contributed by atoms with E-state index in [0.717, 1.165) is 65.3 Å². The maximum absolute atomic E-state index is 14.6. The van der Waals surface area contributed by atoms with Crippen molar-refractivity contribution in [1.29, 1.82) is 0 Å². The number of aliphatic hydroxyl groups is 8. The van der Waals surface area contributed by atoms with Crippen LogP contribution in [0.5, 0.6) is 5.75 Å². The number of carbonyl (C=O) groups is 7. The van der Waals surface area contributed by atoms with Crippen LogP contribution in [0.3, 0.4) is 0 Å². The molecule has 16 atom stereocenters. The number of hydrogen-bond donors (Lipinski definition) is 14. The molecule has 3 aliphatic heterocycles. The van der Waals surface area contributed by atoms with Crippen LogP contribution in [0.15, 0.2) is 127 Å². The lowest BCUT2D eigenvalue weighted by atomic mass is 9.97. The van der Waals surface area contributed by atoms with Crippen LogP contribution in [0, 0.1) is 5.92 Å². The average Bonchev–Trinajstić information content (AvgIpc) is 2.18. The number of nitrogens with zero attached hydrogens (tertiary/aromatic N) is 2. The first-order chi connectivity index (χ1) is 42.8. The van der Waals surface area contributed by atoms with E-state index in [1.165, 1.54) is 55.5 Å². The third kappa shape index (κ3) is 15.8. The third-order valence-corrected chi connectivity index (χ3v) is 18.5. The fraction of sp³-hybridized carbons (Fsp3) is 0.422. The summed E-state index contributed by atoms with van der Waals surface area (Å²) in [5.74, 6) is -8.67. The summed E-state index contributed by atoms with van der Waals surface area (Å²) in [6.45, 7) is 5.37. The molecule has 8 rings (SSSR count). The van der Waals surface area contributed by atoms with E-state index in [1.54, 1.807) is 30.3 Å². The Bertz CT molecular complexity index is 3380. The summed E-state index contributed by atoms with van der Waals surface area (Å²) in [5, 5.41) is 103. The maximum Gasteiger partial charge on any atom is 0.258 e. The average molecular weight is 1260 g/mol. The molecule has 90 heavy (non-hydrogen) atoms. The van der Waals surface area contributed by atoms with Crippen LogP contribution in [0.1, 0.15) is 81.8 Å². The minimum atomic E-state index is -4.19. The molecule has 14 N–H and O–H groups in total. The number of nitrogens with one attached hydrogen (secondary N) is 5. The van der Waals surface area contributed by atoms with Crippen molar-refractivity contribution >= 4 is 59.3 Å². The largest absolute Gasteiger partial charge is 0.494 e. The SMILES string of the molecule is CCCCCOc1ccc(-c2ccc(-c3ccc(C(=O)N[C@H]4C[C@@H](O)[C@@H](O)NC(=O)[C@@H]5[C@@H](O)[C@@H](C)CN5C(=O)[C@H]([C@@H](C)O)NC(=O)[C@H]([C@H](O)[C@@H](O)c5ccc(P(=O)(O)c6ccccc6)cc5)NC(=O)[C@@H]5C[C@@H](O)CN5C(=O)[C@H]([C@@H](C)O)NC4=O)cc3)cc2)cc1. The van der Waals surface area contributed by atoms with Crippen LogP contribution < -0.4 is 41.9 Å². The Kier molecular flexibility index (Phi) is 22.5. The van der Waals surface area contributed by atoms with Gasteiger partial charge in [-0.1, -0.05) is 106 Å². The molecule has 0 aromatic heterocycles. The molecule has 482 valence electrons. The number of aliphatic hydroxyl groups excluding tert-OH is 8. The van der Waals surface area contributed by atoms with Gasteiger partial charge in [-0.25, -0.2) is 0 Å². The summed E-state index contributed by atoms with van der Waals surface area (Å²) >= 11 is 0. The molecule has 7 amide bonds. The summed E-state index contributed by atoms with van der Waals surface area (Å²) in [7, 11) is -4.19. The smallest absolute Gasteiger partial charge is 0.258 e. The summed E-state index contributed by atoms with van der Waals surface area (Å²) in [6, 6.07) is 22.1. The zero-order valence-corrected chi connectivity index (χ0v) is 50.9. The molecule has 5 aromatic carbocycles. The number of benzene rings is 5. The number of carbonyl (C=O) groups excluding carboxylic acids is 7. The van der Waals surface area contributed by atoms with Crippen molar-refractivity contribution in [1.82, 2.24) is 36.4 Å². The highest BCUT2D eigenvalue weighted by Gasteiger charge is 2.50. The minimum absolute atomic E-state index is 0.00242. The van der Waals surface area contributed by atoms with Gasteiger partial charge in [-0.15, -0.1) is 0 Å². The second kappa shape index (κ2) is 29.8. The van der Waals surface area contributed by atoms with Gasteiger partial charge in [0.2, 0.25) is 35.4 Å². The van der Waals surface area contributed by atoms with Gasteiger partial charge in [0, 0.05) is 48.0 Å². The number of unbranched alkanes of at least 4 members (excludes halogenated alkanes) is 2. The van der Waals surface area contributed by atoms with Crippen molar-refractivity contribution in [2.24, 2.45) is 5.92 Å². The monoisotopic (exact) mass is 1260 g/mol. The Morgan fingerprint density at radius 2 is 1.14 bits per heavy atom. The topological polar surface area (TPSA) is 394 Å².